The molecule has 0 aliphatic heterocycles. The van der Waals surface area contributed by atoms with Crippen molar-refractivity contribution in [1.29, 1.82) is 0 Å². The number of hydrogen-bond donors (Lipinski definition) is 1. The van der Waals surface area contributed by atoms with Gasteiger partial charge in [-0.15, -0.1) is 0 Å². The van der Waals surface area contributed by atoms with E-state index >= 15 is 0 Å². The number of nitrogens with zero attached hydrogens (tertiary/aromatic N) is 1. The van der Waals surface area contributed by atoms with Crippen molar-refractivity contribution in [3.05, 3.63) is 52.6 Å². The molecule has 19 heavy (non-hydrogen) atoms. The number of rotatable bonds is 5. The first-order chi connectivity index (χ1) is 9.29. The van der Waals surface area contributed by atoms with Gasteiger partial charge in [0.25, 0.3) is 0 Å². The third-order valence-electron chi connectivity index (χ3n) is 3.01. The molecule has 4 heteroatoms. The molecule has 0 amide bonds. The highest BCUT2D eigenvalue weighted by Crippen LogP contribution is 2.27. The van der Waals surface area contributed by atoms with Crippen LogP contribution >= 0.6 is 27.7 Å². The van der Waals surface area contributed by atoms with Gasteiger partial charge in [-0.1, -0.05) is 33.8 Å². The van der Waals surface area contributed by atoms with Crippen LogP contribution in [0, 0.1) is 0 Å². The maximum Gasteiger partial charge on any atom is 0.101 e. The third kappa shape index (κ3) is 4.06. The van der Waals surface area contributed by atoms with Gasteiger partial charge in [0.1, 0.15) is 5.03 Å². The number of halogens is 1. The van der Waals surface area contributed by atoms with Crippen LogP contribution in [0.1, 0.15) is 18.4 Å². The van der Waals surface area contributed by atoms with Crippen LogP contribution in [0.15, 0.2) is 57.0 Å². The zero-order valence-electron chi connectivity index (χ0n) is 10.5. The average molecular weight is 335 g/mol. The fraction of sp³-hybridized carbons (Fsp3) is 0.267. The van der Waals surface area contributed by atoms with Crippen LogP contribution in [0.25, 0.3) is 0 Å². The molecule has 0 bridgehead atoms. The van der Waals surface area contributed by atoms with E-state index in [1.165, 1.54) is 23.3 Å². The van der Waals surface area contributed by atoms with Gasteiger partial charge in [0.05, 0.1) is 0 Å². The van der Waals surface area contributed by atoms with Crippen LogP contribution in [-0.4, -0.2) is 11.0 Å². The Labute approximate surface area is 126 Å². The van der Waals surface area contributed by atoms with Crippen LogP contribution in [0.3, 0.4) is 0 Å². The Morgan fingerprint density at radius 1 is 1.16 bits per heavy atom. The quantitative estimate of drug-likeness (QED) is 0.884. The summed E-state index contributed by atoms with van der Waals surface area (Å²) >= 11 is 5.13. The van der Waals surface area contributed by atoms with E-state index < -0.39 is 0 Å². The van der Waals surface area contributed by atoms with Gasteiger partial charge in [0, 0.05) is 28.2 Å². The van der Waals surface area contributed by atoms with Crippen molar-refractivity contribution >= 4 is 27.7 Å². The zero-order valence-corrected chi connectivity index (χ0v) is 12.9. The van der Waals surface area contributed by atoms with E-state index in [0.717, 1.165) is 22.1 Å². The SMILES string of the molecule is Brc1ccc(Sc2ccc(CNC3CC3)cn2)cc1. The van der Waals surface area contributed by atoms with Crippen molar-refractivity contribution in [2.45, 2.75) is 35.3 Å². The van der Waals surface area contributed by atoms with E-state index in [2.05, 4.69) is 62.6 Å². The summed E-state index contributed by atoms with van der Waals surface area (Å²) in [6, 6.07) is 13.3. The molecule has 1 aromatic carbocycles. The Kier molecular flexibility index (Phi) is 4.21. The molecular formula is C15H15BrN2S. The summed E-state index contributed by atoms with van der Waals surface area (Å²) < 4.78 is 1.10. The molecule has 1 aliphatic carbocycles. The maximum atomic E-state index is 4.51. The van der Waals surface area contributed by atoms with Crippen molar-refractivity contribution in [2.75, 3.05) is 0 Å². The van der Waals surface area contributed by atoms with Crippen molar-refractivity contribution in [2.24, 2.45) is 0 Å². The number of benzene rings is 1. The molecule has 2 nitrogen and oxygen atoms in total. The van der Waals surface area contributed by atoms with Crippen LogP contribution in [0.5, 0.6) is 0 Å². The molecule has 0 radical (unpaired) electrons. The Morgan fingerprint density at radius 2 is 1.95 bits per heavy atom. The smallest absolute Gasteiger partial charge is 0.101 e. The minimum atomic E-state index is 0.747. The van der Waals surface area contributed by atoms with E-state index in [1.807, 2.05) is 6.20 Å². The fourth-order valence-electron chi connectivity index (χ4n) is 1.75. The van der Waals surface area contributed by atoms with Gasteiger partial charge in [0.2, 0.25) is 0 Å². The van der Waals surface area contributed by atoms with Crippen molar-refractivity contribution < 1.29 is 0 Å². The number of aromatic nitrogens is 1. The van der Waals surface area contributed by atoms with Crippen molar-refractivity contribution in [1.82, 2.24) is 10.3 Å². The molecule has 1 aromatic heterocycles. The Morgan fingerprint density at radius 3 is 2.58 bits per heavy atom. The second-order valence-electron chi connectivity index (χ2n) is 4.72. The number of hydrogen-bond acceptors (Lipinski definition) is 3. The minimum Gasteiger partial charge on any atom is -0.310 e. The van der Waals surface area contributed by atoms with Gasteiger partial charge in [-0.25, -0.2) is 4.98 Å². The molecule has 1 aliphatic rings. The summed E-state index contributed by atoms with van der Waals surface area (Å²) in [6.45, 7) is 0.931. The predicted molar refractivity (Wildman–Crippen MR) is 82.4 cm³/mol. The third-order valence-corrected chi connectivity index (χ3v) is 4.49. The van der Waals surface area contributed by atoms with Gasteiger partial charge >= 0.3 is 0 Å². The molecule has 0 unspecified atom stereocenters. The lowest BCUT2D eigenvalue weighted by Crippen LogP contribution is -2.15. The molecule has 1 N–H and O–H groups in total. The second-order valence-corrected chi connectivity index (χ2v) is 6.73. The Balaban J connectivity index is 1.59. The van der Waals surface area contributed by atoms with E-state index in [1.54, 1.807) is 11.8 Å². The van der Waals surface area contributed by atoms with Gasteiger partial charge in [-0.2, -0.15) is 0 Å². The molecule has 1 fully saturated rings. The molecule has 2 aromatic rings. The van der Waals surface area contributed by atoms with Crippen molar-refractivity contribution in [3.8, 4) is 0 Å². The summed E-state index contributed by atoms with van der Waals surface area (Å²) in [4.78, 5) is 5.71. The number of nitrogens with one attached hydrogen (secondary N) is 1. The summed E-state index contributed by atoms with van der Waals surface area (Å²) in [5, 5.41) is 4.54. The van der Waals surface area contributed by atoms with E-state index in [0.29, 0.717) is 0 Å². The van der Waals surface area contributed by atoms with Gasteiger partial charge < -0.3 is 5.32 Å². The summed E-state index contributed by atoms with van der Waals surface area (Å²) in [5.74, 6) is 0. The molecule has 1 heterocycles. The van der Waals surface area contributed by atoms with E-state index in [9.17, 15) is 0 Å². The largest absolute Gasteiger partial charge is 0.310 e. The molecule has 1 saturated carbocycles. The Bertz CT molecular complexity index is 535. The summed E-state index contributed by atoms with van der Waals surface area (Å²) in [5.41, 5.74) is 1.26. The zero-order chi connectivity index (χ0) is 13.1. The number of pyridine rings is 1. The predicted octanol–water partition coefficient (Wildman–Crippen LogP) is 4.25. The minimum absolute atomic E-state index is 0.747. The van der Waals surface area contributed by atoms with Crippen LogP contribution in [0.4, 0.5) is 0 Å². The highest BCUT2D eigenvalue weighted by Gasteiger charge is 2.19. The maximum absolute atomic E-state index is 4.51. The fourth-order valence-corrected chi connectivity index (χ4v) is 2.77. The normalized spacial score (nSPS) is 14.6. The summed E-state index contributed by atoms with van der Waals surface area (Å²) in [7, 11) is 0. The van der Waals surface area contributed by atoms with E-state index in [4.69, 9.17) is 0 Å². The lowest BCUT2D eigenvalue weighted by molar-refractivity contribution is 0.685. The first kappa shape index (κ1) is 13.2. The topological polar surface area (TPSA) is 24.9 Å². The average Bonchev–Trinajstić information content (AvgIpc) is 3.25. The second kappa shape index (κ2) is 6.07. The first-order valence-electron chi connectivity index (χ1n) is 6.41. The summed E-state index contributed by atoms with van der Waals surface area (Å²) in [6.07, 6.45) is 4.62. The first-order valence-corrected chi connectivity index (χ1v) is 8.02. The lowest BCUT2D eigenvalue weighted by Gasteiger charge is -2.04. The molecular weight excluding hydrogens is 320 g/mol. The highest BCUT2D eigenvalue weighted by atomic mass is 79.9. The molecule has 0 saturated heterocycles. The monoisotopic (exact) mass is 334 g/mol. The van der Waals surface area contributed by atoms with Crippen LogP contribution in [-0.2, 0) is 6.54 Å². The van der Waals surface area contributed by atoms with Crippen molar-refractivity contribution in [3.63, 3.8) is 0 Å². The van der Waals surface area contributed by atoms with E-state index in [-0.39, 0.29) is 0 Å². The highest BCUT2D eigenvalue weighted by molar-refractivity contribution is 9.10. The lowest BCUT2D eigenvalue weighted by atomic mass is 10.3. The molecule has 0 atom stereocenters. The van der Waals surface area contributed by atoms with Gasteiger partial charge in [-0.3, -0.25) is 0 Å². The van der Waals surface area contributed by atoms with Crippen LogP contribution < -0.4 is 5.32 Å². The van der Waals surface area contributed by atoms with Crippen LogP contribution in [0.2, 0.25) is 0 Å². The van der Waals surface area contributed by atoms with Gasteiger partial charge in [0.15, 0.2) is 0 Å². The Hall–Kier alpha value is -0.840. The molecule has 0 spiro atoms. The molecule has 98 valence electrons. The standard InChI is InChI=1S/C15H15BrN2S/c16-12-2-6-14(7-3-12)19-15-8-1-11(10-18-15)9-17-13-4-5-13/h1-3,6-8,10,13,17H,4-5,9H2. The molecule has 3 rings (SSSR count). The van der Waals surface area contributed by atoms with Gasteiger partial charge in [-0.05, 0) is 48.7 Å².